The van der Waals surface area contributed by atoms with E-state index in [1.54, 1.807) is 7.11 Å². The zero-order valence-electron chi connectivity index (χ0n) is 11.4. The smallest absolute Gasteiger partial charge is 0.308 e. The second-order valence-corrected chi connectivity index (χ2v) is 5.69. The molecule has 4 nitrogen and oxygen atoms in total. The summed E-state index contributed by atoms with van der Waals surface area (Å²) >= 11 is 3.42. The number of benzene rings is 1. The van der Waals surface area contributed by atoms with E-state index in [0.717, 1.165) is 15.8 Å². The molecule has 1 unspecified atom stereocenters. The van der Waals surface area contributed by atoms with E-state index in [9.17, 15) is 4.79 Å². The Bertz CT molecular complexity index is 435. The highest BCUT2D eigenvalue weighted by atomic mass is 79.9. The molecule has 0 bridgehead atoms. The Morgan fingerprint density at radius 3 is 2.68 bits per heavy atom. The number of hydrogen-bond donors (Lipinski definition) is 2. The summed E-state index contributed by atoms with van der Waals surface area (Å²) in [6.07, 6.45) is 0. The molecule has 1 aromatic carbocycles. The van der Waals surface area contributed by atoms with E-state index < -0.39 is 5.97 Å². The Morgan fingerprint density at radius 2 is 2.16 bits per heavy atom. The minimum absolute atomic E-state index is 0.106. The average Bonchev–Trinajstić information content (AvgIpc) is 2.33. The summed E-state index contributed by atoms with van der Waals surface area (Å²) < 4.78 is 6.25. The fourth-order valence-electron chi connectivity index (χ4n) is 1.86. The summed E-state index contributed by atoms with van der Waals surface area (Å²) in [6, 6.07) is 5.77. The van der Waals surface area contributed by atoms with Crippen LogP contribution in [0.25, 0.3) is 0 Å². The van der Waals surface area contributed by atoms with Gasteiger partial charge in [-0.05, 0) is 24.1 Å². The molecule has 0 aliphatic carbocycles. The van der Waals surface area contributed by atoms with Crippen LogP contribution in [0.2, 0.25) is 0 Å². The van der Waals surface area contributed by atoms with E-state index in [1.807, 2.05) is 32.0 Å². The lowest BCUT2D eigenvalue weighted by Crippen LogP contribution is -2.31. The van der Waals surface area contributed by atoms with Crippen LogP contribution in [0.3, 0.4) is 0 Å². The van der Waals surface area contributed by atoms with Crippen molar-refractivity contribution in [1.29, 1.82) is 0 Å². The quantitative estimate of drug-likeness (QED) is 0.807. The van der Waals surface area contributed by atoms with Crippen molar-refractivity contribution in [2.45, 2.75) is 20.4 Å². The van der Waals surface area contributed by atoms with Crippen LogP contribution >= 0.6 is 15.9 Å². The Labute approximate surface area is 122 Å². The maximum absolute atomic E-state index is 11.1. The van der Waals surface area contributed by atoms with Gasteiger partial charge in [-0.3, -0.25) is 4.79 Å². The third-order valence-electron chi connectivity index (χ3n) is 3.04. The third-order valence-corrected chi connectivity index (χ3v) is 3.54. The summed E-state index contributed by atoms with van der Waals surface area (Å²) in [5.41, 5.74) is 1.00. The fourth-order valence-corrected chi connectivity index (χ4v) is 2.26. The number of aliphatic carboxylic acids is 1. The number of carbonyl (C=O) groups is 1. The van der Waals surface area contributed by atoms with Gasteiger partial charge in [0.1, 0.15) is 5.75 Å². The molecule has 1 rings (SSSR count). The molecule has 19 heavy (non-hydrogen) atoms. The van der Waals surface area contributed by atoms with Gasteiger partial charge in [0, 0.05) is 23.1 Å². The molecule has 1 atom stereocenters. The molecule has 1 aromatic rings. The van der Waals surface area contributed by atoms with Crippen LogP contribution in [0.4, 0.5) is 0 Å². The molecule has 2 N–H and O–H groups in total. The maximum Gasteiger partial charge on any atom is 0.308 e. The Hall–Kier alpha value is -1.07. The van der Waals surface area contributed by atoms with Crippen molar-refractivity contribution in [3.63, 3.8) is 0 Å². The number of carboxylic acid groups (broad SMARTS) is 1. The Balaban J connectivity index is 2.62. The molecule has 106 valence electrons. The minimum atomic E-state index is -0.760. The fraction of sp³-hybridized carbons (Fsp3) is 0.500. The lowest BCUT2D eigenvalue weighted by Gasteiger charge is -2.17. The number of nitrogens with one attached hydrogen (secondary N) is 1. The molecule has 0 aliphatic heterocycles. The van der Waals surface area contributed by atoms with Gasteiger partial charge in [-0.2, -0.15) is 0 Å². The largest absolute Gasteiger partial charge is 0.496 e. The summed E-state index contributed by atoms with van der Waals surface area (Å²) in [4.78, 5) is 11.1. The number of ether oxygens (including phenoxy) is 1. The van der Waals surface area contributed by atoms with Gasteiger partial charge in [-0.25, -0.2) is 0 Å². The first-order valence-corrected chi connectivity index (χ1v) is 7.01. The molecule has 0 amide bonds. The van der Waals surface area contributed by atoms with Gasteiger partial charge in [0.25, 0.3) is 0 Å². The highest BCUT2D eigenvalue weighted by Gasteiger charge is 2.20. The molecule has 0 aromatic heterocycles. The summed E-state index contributed by atoms with van der Waals surface area (Å²) in [6.45, 7) is 4.86. The van der Waals surface area contributed by atoms with Gasteiger partial charge >= 0.3 is 5.97 Å². The molecule has 0 heterocycles. The van der Waals surface area contributed by atoms with E-state index in [0.29, 0.717) is 13.1 Å². The molecule has 0 saturated heterocycles. The van der Waals surface area contributed by atoms with E-state index in [4.69, 9.17) is 9.84 Å². The Kier molecular flexibility index (Phi) is 6.31. The first kappa shape index (κ1) is 16.0. The second-order valence-electron chi connectivity index (χ2n) is 4.78. The lowest BCUT2D eigenvalue weighted by atomic mass is 9.96. The highest BCUT2D eigenvalue weighted by molar-refractivity contribution is 9.10. The molecule has 0 spiro atoms. The molecular weight excluding hydrogens is 310 g/mol. The number of rotatable bonds is 7. The Morgan fingerprint density at radius 1 is 1.47 bits per heavy atom. The van der Waals surface area contributed by atoms with Crippen molar-refractivity contribution < 1.29 is 14.6 Å². The van der Waals surface area contributed by atoms with Crippen molar-refractivity contribution in [1.82, 2.24) is 5.32 Å². The first-order valence-electron chi connectivity index (χ1n) is 6.21. The van der Waals surface area contributed by atoms with E-state index in [1.165, 1.54) is 0 Å². The van der Waals surface area contributed by atoms with E-state index >= 15 is 0 Å². The zero-order chi connectivity index (χ0) is 14.4. The maximum atomic E-state index is 11.1. The van der Waals surface area contributed by atoms with Crippen LogP contribution in [0.15, 0.2) is 22.7 Å². The van der Waals surface area contributed by atoms with E-state index in [2.05, 4.69) is 21.2 Å². The predicted molar refractivity (Wildman–Crippen MR) is 78.4 cm³/mol. The lowest BCUT2D eigenvalue weighted by molar-refractivity contribution is -0.143. The van der Waals surface area contributed by atoms with Crippen molar-refractivity contribution >= 4 is 21.9 Å². The summed E-state index contributed by atoms with van der Waals surface area (Å²) in [5, 5.41) is 12.3. The van der Waals surface area contributed by atoms with Crippen LogP contribution in [-0.2, 0) is 11.3 Å². The van der Waals surface area contributed by atoms with Crippen molar-refractivity contribution in [3.05, 3.63) is 28.2 Å². The van der Waals surface area contributed by atoms with Crippen LogP contribution in [0.1, 0.15) is 19.4 Å². The van der Waals surface area contributed by atoms with Gasteiger partial charge in [-0.1, -0.05) is 29.8 Å². The number of carboxylic acids is 1. The first-order chi connectivity index (χ1) is 8.95. The predicted octanol–water partition coefficient (Wildman–Crippen LogP) is 2.90. The van der Waals surface area contributed by atoms with Gasteiger partial charge in [0.05, 0.1) is 13.0 Å². The summed E-state index contributed by atoms with van der Waals surface area (Å²) in [7, 11) is 1.63. The summed E-state index contributed by atoms with van der Waals surface area (Å²) in [5.74, 6) is -0.233. The standard InChI is InChI=1S/C14H20BrNO3/c1-9(2)12(14(17)18)8-16-7-10-6-11(15)4-5-13(10)19-3/h4-6,9,12,16H,7-8H2,1-3H3,(H,17,18). The zero-order valence-corrected chi connectivity index (χ0v) is 13.0. The highest BCUT2D eigenvalue weighted by Crippen LogP contribution is 2.22. The van der Waals surface area contributed by atoms with Crippen molar-refractivity contribution in [2.75, 3.05) is 13.7 Å². The molecule has 0 saturated carbocycles. The SMILES string of the molecule is COc1ccc(Br)cc1CNCC(C(=O)O)C(C)C. The molecule has 0 aliphatic rings. The molecule has 5 heteroatoms. The molecule has 0 fully saturated rings. The minimum Gasteiger partial charge on any atom is -0.496 e. The normalized spacial score (nSPS) is 12.5. The topological polar surface area (TPSA) is 58.6 Å². The number of halogens is 1. The monoisotopic (exact) mass is 329 g/mol. The van der Waals surface area contributed by atoms with Gasteiger partial charge in [0.15, 0.2) is 0 Å². The van der Waals surface area contributed by atoms with Gasteiger partial charge in [0.2, 0.25) is 0 Å². The average molecular weight is 330 g/mol. The van der Waals surface area contributed by atoms with Crippen molar-refractivity contribution in [2.24, 2.45) is 11.8 Å². The second kappa shape index (κ2) is 7.50. The number of hydrogen-bond acceptors (Lipinski definition) is 3. The van der Waals surface area contributed by atoms with Crippen LogP contribution in [0.5, 0.6) is 5.75 Å². The van der Waals surface area contributed by atoms with Crippen LogP contribution in [0, 0.1) is 11.8 Å². The van der Waals surface area contributed by atoms with Gasteiger partial charge < -0.3 is 15.2 Å². The van der Waals surface area contributed by atoms with E-state index in [-0.39, 0.29) is 11.8 Å². The number of methoxy groups -OCH3 is 1. The van der Waals surface area contributed by atoms with Crippen LogP contribution < -0.4 is 10.1 Å². The molecular formula is C14H20BrNO3. The third kappa shape index (κ3) is 4.84. The van der Waals surface area contributed by atoms with Gasteiger partial charge in [-0.15, -0.1) is 0 Å². The van der Waals surface area contributed by atoms with Crippen molar-refractivity contribution in [3.8, 4) is 5.75 Å². The van der Waals surface area contributed by atoms with Crippen LogP contribution in [-0.4, -0.2) is 24.7 Å². The molecule has 0 radical (unpaired) electrons.